The largest absolute Gasteiger partial charge is 0.477 e. The third-order valence-corrected chi connectivity index (χ3v) is 8.26. The summed E-state index contributed by atoms with van der Waals surface area (Å²) in [6.45, 7) is 4.70. The molecule has 0 fully saturated rings. The van der Waals surface area contributed by atoms with Crippen molar-refractivity contribution in [2.45, 2.75) is 174 Å². The molecule has 0 radical (unpaired) electrons. The predicted octanol–water partition coefficient (Wildman–Crippen LogP) is 8.63. The van der Waals surface area contributed by atoms with E-state index in [9.17, 15) is 19.5 Å². The first-order valence-corrected chi connectivity index (χ1v) is 18.1. The molecule has 0 saturated heterocycles. The van der Waals surface area contributed by atoms with Crippen LogP contribution in [-0.4, -0.2) is 80.6 Å². The van der Waals surface area contributed by atoms with E-state index in [1.807, 2.05) is 21.1 Å². The van der Waals surface area contributed by atoms with Gasteiger partial charge in [0, 0.05) is 19.3 Å². The second kappa shape index (κ2) is 28.8. The summed E-state index contributed by atoms with van der Waals surface area (Å²) in [5.41, 5.74) is 0. The first-order chi connectivity index (χ1) is 21.1. The summed E-state index contributed by atoms with van der Waals surface area (Å²) in [4.78, 5) is 36.6. The molecule has 0 aliphatic rings. The maximum atomic E-state index is 12.6. The summed E-state index contributed by atoms with van der Waals surface area (Å²) in [6.07, 6.45) is 24.3. The van der Waals surface area contributed by atoms with E-state index in [1.54, 1.807) is 0 Å². The van der Waals surface area contributed by atoms with Gasteiger partial charge in [-0.15, -0.1) is 0 Å². The second-order valence-electron chi connectivity index (χ2n) is 13.5. The van der Waals surface area contributed by atoms with Crippen LogP contribution in [0.1, 0.15) is 162 Å². The number of hydrogen-bond donors (Lipinski definition) is 1. The number of rotatable bonds is 32. The van der Waals surface area contributed by atoms with Crippen LogP contribution in [0.4, 0.5) is 0 Å². The molecule has 2 unspecified atom stereocenters. The molecule has 0 aromatic heterocycles. The van der Waals surface area contributed by atoms with Gasteiger partial charge in [0.05, 0.1) is 34.4 Å². The second-order valence-corrected chi connectivity index (χ2v) is 13.5. The first kappa shape index (κ1) is 42.3. The average Bonchev–Trinajstić information content (AvgIpc) is 2.96. The van der Waals surface area contributed by atoms with Gasteiger partial charge in [-0.1, -0.05) is 129 Å². The van der Waals surface area contributed by atoms with Gasteiger partial charge < -0.3 is 23.8 Å². The van der Waals surface area contributed by atoms with Crippen molar-refractivity contribution in [1.29, 1.82) is 0 Å². The Morgan fingerprint density at radius 3 is 1.41 bits per heavy atom. The van der Waals surface area contributed by atoms with Crippen LogP contribution in [-0.2, 0) is 28.6 Å². The monoisotopic (exact) mass is 629 g/mol. The van der Waals surface area contributed by atoms with E-state index < -0.39 is 18.1 Å². The molecule has 0 saturated carbocycles. The van der Waals surface area contributed by atoms with E-state index in [0.29, 0.717) is 19.3 Å². The molecule has 0 aromatic rings. The van der Waals surface area contributed by atoms with Crippen molar-refractivity contribution in [3.63, 3.8) is 0 Å². The van der Waals surface area contributed by atoms with Crippen LogP contribution in [0, 0.1) is 0 Å². The highest BCUT2D eigenvalue weighted by molar-refractivity contribution is 5.72. The molecule has 0 rings (SSSR count). The molecule has 260 valence electrons. The first-order valence-electron chi connectivity index (χ1n) is 18.1. The van der Waals surface area contributed by atoms with Crippen LogP contribution in [0.3, 0.4) is 0 Å². The van der Waals surface area contributed by atoms with Crippen LogP contribution in [0.15, 0.2) is 0 Å². The molecular weight excluding hydrogens is 558 g/mol. The third-order valence-electron chi connectivity index (χ3n) is 8.26. The molecule has 0 bridgehead atoms. The fourth-order valence-electron chi connectivity index (χ4n) is 5.38. The van der Waals surface area contributed by atoms with Gasteiger partial charge in [0.1, 0.15) is 6.61 Å². The van der Waals surface area contributed by atoms with Crippen molar-refractivity contribution in [2.75, 3.05) is 41.0 Å². The number of carboxylic acid groups (broad SMARTS) is 1. The molecule has 0 amide bonds. The Balaban J connectivity index is 4.43. The molecule has 0 heterocycles. The van der Waals surface area contributed by atoms with E-state index in [0.717, 1.165) is 38.5 Å². The van der Waals surface area contributed by atoms with Crippen LogP contribution in [0.25, 0.3) is 0 Å². The Labute approximate surface area is 270 Å². The lowest BCUT2D eigenvalue weighted by atomic mass is 10.1. The zero-order valence-electron chi connectivity index (χ0n) is 29.4. The summed E-state index contributed by atoms with van der Waals surface area (Å²) >= 11 is 0. The van der Waals surface area contributed by atoms with Gasteiger partial charge in [-0.3, -0.25) is 9.59 Å². The molecule has 44 heavy (non-hydrogen) atoms. The van der Waals surface area contributed by atoms with Gasteiger partial charge in [0.25, 0.3) is 0 Å². The number of hydrogen-bond acceptors (Lipinski definition) is 6. The lowest BCUT2D eigenvalue weighted by Crippen LogP contribution is -2.50. The molecule has 0 aromatic carbocycles. The smallest absolute Gasteiger partial charge is 0.362 e. The quantitative estimate of drug-likeness (QED) is 0.0452. The normalized spacial score (nSPS) is 13.0. The van der Waals surface area contributed by atoms with E-state index in [1.165, 1.54) is 89.9 Å². The van der Waals surface area contributed by atoms with Gasteiger partial charge in [-0.2, -0.15) is 0 Å². The zero-order chi connectivity index (χ0) is 32.9. The Bertz CT molecular complexity index is 707. The average molecular weight is 629 g/mol. The Morgan fingerprint density at radius 1 is 0.591 bits per heavy atom. The minimum Gasteiger partial charge on any atom is -0.477 e. The maximum Gasteiger partial charge on any atom is 0.362 e. The van der Waals surface area contributed by atoms with Crippen LogP contribution >= 0.6 is 0 Å². The number of nitrogens with zero attached hydrogens (tertiary/aromatic N) is 1. The number of carbonyl (C=O) groups excluding carboxylic acids is 2. The molecular formula is C36H70NO7+. The predicted molar refractivity (Wildman–Crippen MR) is 179 cm³/mol. The van der Waals surface area contributed by atoms with Crippen LogP contribution < -0.4 is 0 Å². The number of likely N-dealkylation sites (N-methyl/N-ethyl adjacent to an activating group) is 1. The molecule has 0 aliphatic heterocycles. The zero-order valence-corrected chi connectivity index (χ0v) is 29.4. The minimum atomic E-state index is -0.874. The highest BCUT2D eigenvalue weighted by Crippen LogP contribution is 2.14. The van der Waals surface area contributed by atoms with Crippen molar-refractivity contribution < 1.29 is 38.2 Å². The van der Waals surface area contributed by atoms with Crippen molar-refractivity contribution in [3.8, 4) is 0 Å². The number of aliphatic carboxylic acids is 1. The third kappa shape index (κ3) is 26.7. The lowest BCUT2D eigenvalue weighted by Gasteiger charge is -2.31. The number of carbonyl (C=O) groups is 3. The van der Waals surface area contributed by atoms with Gasteiger partial charge in [0.15, 0.2) is 12.1 Å². The summed E-state index contributed by atoms with van der Waals surface area (Å²) in [5, 5.41) is 9.55. The highest BCUT2D eigenvalue weighted by atomic mass is 16.6. The fourth-order valence-corrected chi connectivity index (χ4v) is 5.38. The fraction of sp³-hybridized carbons (Fsp3) is 0.917. The van der Waals surface area contributed by atoms with E-state index >= 15 is 0 Å². The molecule has 8 heteroatoms. The molecule has 1 N–H and O–H groups in total. The Morgan fingerprint density at radius 2 is 1.00 bits per heavy atom. The van der Waals surface area contributed by atoms with Crippen LogP contribution in [0.2, 0.25) is 0 Å². The Kier molecular flexibility index (Phi) is 27.7. The minimum absolute atomic E-state index is 0.0436. The number of esters is 2. The summed E-state index contributed by atoms with van der Waals surface area (Å²) < 4.78 is 17.1. The molecule has 2 atom stereocenters. The highest BCUT2D eigenvalue weighted by Gasteiger charge is 2.31. The Hall–Kier alpha value is -1.67. The number of carboxylic acids is 1. The van der Waals surface area contributed by atoms with Crippen molar-refractivity contribution in [1.82, 2.24) is 0 Å². The number of unbranched alkanes of at least 4 members (excludes halogenated alkanes) is 18. The van der Waals surface area contributed by atoms with Crippen molar-refractivity contribution in [3.05, 3.63) is 0 Å². The van der Waals surface area contributed by atoms with Gasteiger partial charge in [-0.05, 0) is 12.8 Å². The van der Waals surface area contributed by atoms with Gasteiger partial charge in [-0.25, -0.2) is 4.79 Å². The maximum absolute atomic E-state index is 12.6. The SMILES string of the molecule is CCCCCCCCCCCCCC(=O)OCC(COCCC(C(=O)O)[N+](C)(C)C)OC(=O)CCCCCCCCCCC. The van der Waals surface area contributed by atoms with Crippen molar-refractivity contribution >= 4 is 17.9 Å². The number of ether oxygens (including phenoxy) is 3. The summed E-state index contributed by atoms with van der Waals surface area (Å²) in [5.74, 6) is -1.46. The summed E-state index contributed by atoms with van der Waals surface area (Å²) in [6, 6.07) is -0.605. The molecule has 0 spiro atoms. The number of quaternary nitrogens is 1. The van der Waals surface area contributed by atoms with Crippen molar-refractivity contribution in [2.24, 2.45) is 0 Å². The topological polar surface area (TPSA) is 99.1 Å². The standard InChI is InChI=1S/C36H69NO7/c1-6-8-10-12-14-16-17-19-20-22-24-26-34(38)43-31-32(30-42-29-28-33(36(40)41)37(3,4)5)44-35(39)27-25-23-21-18-15-13-11-9-7-2/h32-33H,6-31H2,1-5H3/p+1. The van der Waals surface area contributed by atoms with E-state index in [-0.39, 0.29) is 36.2 Å². The van der Waals surface area contributed by atoms with Gasteiger partial charge in [0.2, 0.25) is 0 Å². The van der Waals surface area contributed by atoms with Gasteiger partial charge >= 0.3 is 17.9 Å². The van der Waals surface area contributed by atoms with Crippen LogP contribution in [0.5, 0.6) is 0 Å². The summed E-state index contributed by atoms with van der Waals surface area (Å²) in [7, 11) is 5.51. The van der Waals surface area contributed by atoms with E-state index in [2.05, 4.69) is 13.8 Å². The van der Waals surface area contributed by atoms with E-state index in [4.69, 9.17) is 14.2 Å². The lowest BCUT2D eigenvalue weighted by molar-refractivity contribution is -0.887. The molecule has 8 nitrogen and oxygen atoms in total. The molecule has 0 aliphatic carbocycles.